The van der Waals surface area contributed by atoms with E-state index in [4.69, 9.17) is 0 Å². The molecule has 5 nitrogen and oxygen atoms in total. The van der Waals surface area contributed by atoms with E-state index in [0.29, 0.717) is 0 Å². The van der Waals surface area contributed by atoms with Crippen LogP contribution in [-0.4, -0.2) is 24.9 Å². The molecule has 2 aromatic carbocycles. The molecular weight excluding hydrogens is 396 g/mol. The van der Waals surface area contributed by atoms with Gasteiger partial charge in [-0.05, 0) is 23.6 Å². The van der Waals surface area contributed by atoms with Crippen LogP contribution in [0.1, 0.15) is 16.5 Å². The molecule has 0 aliphatic rings. The van der Waals surface area contributed by atoms with E-state index in [1.165, 1.54) is 6.07 Å². The van der Waals surface area contributed by atoms with Gasteiger partial charge in [0.25, 0.3) is 5.91 Å². The molecule has 1 aromatic heterocycles. The second-order valence-electron chi connectivity index (χ2n) is 6.30. The number of benzene rings is 2. The van der Waals surface area contributed by atoms with Crippen molar-refractivity contribution in [2.75, 3.05) is 18.4 Å². The first-order valence-corrected chi connectivity index (χ1v) is 9.84. The normalized spacial score (nSPS) is 11.7. The number of anilines is 1. The van der Waals surface area contributed by atoms with Crippen molar-refractivity contribution in [3.8, 4) is 0 Å². The van der Waals surface area contributed by atoms with Gasteiger partial charge in [-0.3, -0.25) is 9.59 Å². The third-order valence-corrected chi connectivity index (χ3v) is 5.15. The minimum Gasteiger partial charge on any atom is -0.342 e. The number of carbonyl (C=O) groups excluding carboxylic acids is 2. The summed E-state index contributed by atoms with van der Waals surface area (Å²) in [6, 6.07) is 16.9. The number of carbonyl (C=O) groups is 2. The number of thiophene rings is 1. The molecule has 0 bridgehead atoms. The van der Waals surface area contributed by atoms with Crippen LogP contribution in [0.2, 0.25) is 0 Å². The molecule has 0 fully saturated rings. The fourth-order valence-electron chi connectivity index (χ4n) is 2.80. The van der Waals surface area contributed by atoms with Gasteiger partial charge >= 0.3 is 0 Å². The van der Waals surface area contributed by atoms with E-state index in [1.54, 1.807) is 11.3 Å². The Morgan fingerprint density at radius 1 is 0.966 bits per heavy atom. The first kappa shape index (κ1) is 20.6. The largest absolute Gasteiger partial charge is 0.342 e. The number of hydrogen-bond acceptors (Lipinski definition) is 3. The fourth-order valence-corrected chi connectivity index (χ4v) is 3.65. The summed E-state index contributed by atoms with van der Waals surface area (Å²) in [5.74, 6) is -2.88. The molecule has 3 rings (SSSR count). The number of halogens is 2. The zero-order valence-electron chi connectivity index (χ0n) is 15.4. The quantitative estimate of drug-likeness (QED) is 0.528. The molecule has 29 heavy (non-hydrogen) atoms. The summed E-state index contributed by atoms with van der Waals surface area (Å²) in [5.41, 5.74) is 1.20. The van der Waals surface area contributed by atoms with Gasteiger partial charge in [-0.2, -0.15) is 0 Å². The van der Waals surface area contributed by atoms with E-state index in [0.717, 1.165) is 22.6 Å². The lowest BCUT2D eigenvalue weighted by atomic mass is 10.1. The second-order valence-corrected chi connectivity index (χ2v) is 7.28. The zero-order chi connectivity index (χ0) is 20.6. The Morgan fingerprint density at radius 3 is 2.45 bits per heavy atom. The van der Waals surface area contributed by atoms with E-state index in [9.17, 15) is 18.4 Å². The van der Waals surface area contributed by atoms with Crippen LogP contribution in [0.3, 0.4) is 0 Å². The van der Waals surface area contributed by atoms with E-state index in [2.05, 4.69) is 10.6 Å². The Morgan fingerprint density at radius 2 is 1.76 bits per heavy atom. The molecule has 8 heteroatoms. The Balaban J connectivity index is 1.50. The zero-order valence-corrected chi connectivity index (χ0v) is 16.2. The maximum atomic E-state index is 13.2. The third-order valence-electron chi connectivity index (χ3n) is 4.20. The van der Waals surface area contributed by atoms with Crippen LogP contribution in [-0.2, 0) is 9.59 Å². The van der Waals surface area contributed by atoms with E-state index in [1.807, 2.05) is 53.2 Å². The Kier molecular flexibility index (Phi) is 7.04. The number of rotatable bonds is 8. The van der Waals surface area contributed by atoms with Crippen LogP contribution in [0.5, 0.6) is 0 Å². The van der Waals surface area contributed by atoms with Gasteiger partial charge < -0.3 is 16.0 Å². The molecule has 0 spiro atoms. The van der Waals surface area contributed by atoms with Gasteiger partial charge in [-0.15, -0.1) is 11.3 Å². The minimum absolute atomic E-state index is 0.0158. The van der Waals surface area contributed by atoms with Gasteiger partial charge in [0.2, 0.25) is 5.91 Å². The van der Waals surface area contributed by atoms with Crippen LogP contribution >= 0.6 is 11.3 Å². The predicted octanol–water partition coefficient (Wildman–Crippen LogP) is 2.43. The maximum Gasteiger partial charge on any atom is 0.275 e. The maximum absolute atomic E-state index is 13.2. The van der Waals surface area contributed by atoms with Gasteiger partial charge in [0, 0.05) is 17.3 Å². The SMILES string of the molecule is O=C(C[NH2+][C@H](c1ccccc1)c1cccs1)NCC(=O)Nc1ccc(F)c(F)c1. The highest BCUT2D eigenvalue weighted by Gasteiger charge is 2.20. The molecule has 1 heterocycles. The number of nitrogens with one attached hydrogen (secondary N) is 2. The number of hydrogen-bond donors (Lipinski definition) is 3. The molecule has 150 valence electrons. The van der Waals surface area contributed by atoms with E-state index < -0.39 is 17.5 Å². The molecule has 4 N–H and O–H groups in total. The molecule has 0 aliphatic heterocycles. The highest BCUT2D eigenvalue weighted by Crippen LogP contribution is 2.22. The standard InChI is InChI=1S/C21H19F2N3O2S/c22-16-9-8-15(11-17(16)23)26-20(28)13-24-19(27)12-25-21(18-7-4-10-29-18)14-5-2-1-3-6-14/h1-11,21,25H,12-13H2,(H,24,27)(H,26,28)/p+1/t21-/m1/s1. The van der Waals surface area contributed by atoms with E-state index in [-0.39, 0.29) is 30.7 Å². The lowest BCUT2D eigenvalue weighted by Crippen LogP contribution is -2.87. The van der Waals surface area contributed by atoms with Crippen molar-refractivity contribution < 1.29 is 23.7 Å². The molecular formula is C21H20F2N3O2S+. The van der Waals surface area contributed by atoms with Gasteiger partial charge in [0.1, 0.15) is 6.04 Å². The highest BCUT2D eigenvalue weighted by molar-refractivity contribution is 7.10. The van der Waals surface area contributed by atoms with Crippen LogP contribution < -0.4 is 16.0 Å². The summed E-state index contributed by atoms with van der Waals surface area (Å²) < 4.78 is 26.1. The van der Waals surface area contributed by atoms with Crippen molar-refractivity contribution in [3.05, 3.63) is 88.1 Å². The predicted molar refractivity (Wildman–Crippen MR) is 107 cm³/mol. The summed E-state index contributed by atoms with van der Waals surface area (Å²) >= 11 is 1.61. The van der Waals surface area contributed by atoms with Crippen molar-refractivity contribution in [2.24, 2.45) is 0 Å². The highest BCUT2D eigenvalue weighted by atomic mass is 32.1. The summed E-state index contributed by atoms with van der Waals surface area (Å²) in [4.78, 5) is 25.2. The molecule has 0 aliphatic carbocycles. The fraction of sp³-hybridized carbons (Fsp3) is 0.143. The molecule has 0 saturated heterocycles. The van der Waals surface area contributed by atoms with Gasteiger partial charge in [0.15, 0.2) is 18.2 Å². The van der Waals surface area contributed by atoms with Crippen LogP contribution in [0, 0.1) is 11.6 Å². The monoisotopic (exact) mass is 416 g/mol. The second kappa shape index (κ2) is 9.90. The van der Waals surface area contributed by atoms with Crippen molar-refractivity contribution >= 4 is 28.8 Å². The molecule has 0 saturated carbocycles. The summed E-state index contributed by atoms with van der Waals surface area (Å²) in [6.45, 7) is -0.128. The number of nitrogens with two attached hydrogens (primary N) is 1. The Bertz CT molecular complexity index is 965. The van der Waals surface area contributed by atoms with Crippen LogP contribution in [0.15, 0.2) is 66.0 Å². The average molecular weight is 416 g/mol. The van der Waals surface area contributed by atoms with Crippen molar-refractivity contribution in [1.29, 1.82) is 0 Å². The van der Waals surface area contributed by atoms with Crippen molar-refractivity contribution in [3.63, 3.8) is 0 Å². The summed E-state index contributed by atoms with van der Waals surface area (Å²) in [6.07, 6.45) is 0. The average Bonchev–Trinajstić information content (AvgIpc) is 3.25. The minimum atomic E-state index is -1.05. The molecule has 0 radical (unpaired) electrons. The first-order chi connectivity index (χ1) is 14.0. The lowest BCUT2D eigenvalue weighted by molar-refractivity contribution is -0.676. The summed E-state index contributed by atoms with van der Waals surface area (Å²) in [7, 11) is 0. The topological polar surface area (TPSA) is 74.8 Å². The lowest BCUT2D eigenvalue weighted by Gasteiger charge is -2.14. The smallest absolute Gasteiger partial charge is 0.275 e. The van der Waals surface area contributed by atoms with Crippen LogP contribution in [0.4, 0.5) is 14.5 Å². The van der Waals surface area contributed by atoms with Crippen molar-refractivity contribution in [1.82, 2.24) is 5.32 Å². The number of quaternary nitrogens is 1. The van der Waals surface area contributed by atoms with E-state index >= 15 is 0 Å². The van der Waals surface area contributed by atoms with Gasteiger partial charge in [-0.1, -0.05) is 36.4 Å². The molecule has 0 unspecified atom stereocenters. The molecule has 2 amide bonds. The number of amides is 2. The van der Waals surface area contributed by atoms with Crippen molar-refractivity contribution in [2.45, 2.75) is 6.04 Å². The molecule has 1 atom stereocenters. The summed E-state index contributed by atoms with van der Waals surface area (Å²) in [5, 5.41) is 8.84. The Hall–Kier alpha value is -3.10. The van der Waals surface area contributed by atoms with Crippen LogP contribution in [0.25, 0.3) is 0 Å². The van der Waals surface area contributed by atoms with Gasteiger partial charge in [0.05, 0.1) is 11.4 Å². The molecule has 3 aromatic rings. The first-order valence-electron chi connectivity index (χ1n) is 8.96. The van der Waals surface area contributed by atoms with Gasteiger partial charge in [-0.25, -0.2) is 8.78 Å². The Labute approximate surface area is 170 Å². The third kappa shape index (κ3) is 5.94.